The van der Waals surface area contributed by atoms with E-state index < -0.39 is 5.91 Å². The molecule has 0 atom stereocenters. The Morgan fingerprint density at radius 2 is 1.84 bits per heavy atom. The summed E-state index contributed by atoms with van der Waals surface area (Å²) in [6.45, 7) is 0. The van der Waals surface area contributed by atoms with E-state index in [2.05, 4.69) is 5.32 Å². The average Bonchev–Trinajstić information content (AvgIpc) is 3.08. The number of rotatable bonds is 4. The highest BCUT2D eigenvalue weighted by Gasteiger charge is 2.15. The standard InChI is InChI=1S/C17H10Cl3NO4/c18-9-3-4-14(11(20)6-9)25-16-8-12(10(19)7-13(16)22)21-17(23)15-2-1-5-24-15/h1-8,22H,(H,21,23). The third-order valence-corrected chi connectivity index (χ3v) is 4.00. The number of carbonyl (C=O) groups is 1. The fourth-order valence-corrected chi connectivity index (χ4v) is 2.64. The van der Waals surface area contributed by atoms with Crippen molar-refractivity contribution in [2.75, 3.05) is 5.32 Å². The number of aromatic hydroxyl groups is 1. The van der Waals surface area contributed by atoms with Gasteiger partial charge in [0.2, 0.25) is 0 Å². The topological polar surface area (TPSA) is 71.7 Å². The summed E-state index contributed by atoms with van der Waals surface area (Å²) in [5.41, 5.74) is 0.237. The molecule has 1 aromatic heterocycles. The lowest BCUT2D eigenvalue weighted by molar-refractivity contribution is 0.0996. The number of nitrogens with one attached hydrogen (secondary N) is 1. The average molecular weight is 399 g/mol. The van der Waals surface area contributed by atoms with Crippen molar-refractivity contribution in [3.8, 4) is 17.2 Å². The Labute approximate surface area is 157 Å². The molecule has 128 valence electrons. The van der Waals surface area contributed by atoms with Gasteiger partial charge in [-0.1, -0.05) is 34.8 Å². The van der Waals surface area contributed by atoms with Crippen LogP contribution in [0.5, 0.6) is 17.2 Å². The van der Waals surface area contributed by atoms with Gasteiger partial charge in [-0.3, -0.25) is 4.79 Å². The van der Waals surface area contributed by atoms with Crippen LogP contribution in [0.4, 0.5) is 5.69 Å². The molecule has 2 aromatic carbocycles. The second-order valence-electron chi connectivity index (χ2n) is 4.91. The van der Waals surface area contributed by atoms with Gasteiger partial charge in [0.25, 0.3) is 5.91 Å². The summed E-state index contributed by atoms with van der Waals surface area (Å²) < 4.78 is 10.6. The number of hydrogen-bond acceptors (Lipinski definition) is 4. The highest BCUT2D eigenvalue weighted by atomic mass is 35.5. The van der Waals surface area contributed by atoms with E-state index in [0.29, 0.717) is 5.02 Å². The molecule has 0 unspecified atom stereocenters. The van der Waals surface area contributed by atoms with Crippen LogP contribution in [0.25, 0.3) is 0 Å². The van der Waals surface area contributed by atoms with Gasteiger partial charge >= 0.3 is 0 Å². The Balaban J connectivity index is 1.88. The van der Waals surface area contributed by atoms with E-state index in [1.54, 1.807) is 18.2 Å². The lowest BCUT2D eigenvalue weighted by atomic mass is 10.2. The number of furan rings is 1. The first-order chi connectivity index (χ1) is 11.9. The van der Waals surface area contributed by atoms with Gasteiger partial charge in [0, 0.05) is 17.2 Å². The Morgan fingerprint density at radius 1 is 1.04 bits per heavy atom. The molecule has 3 rings (SSSR count). The fourth-order valence-electron chi connectivity index (χ4n) is 1.99. The zero-order valence-corrected chi connectivity index (χ0v) is 14.7. The van der Waals surface area contributed by atoms with Crippen molar-refractivity contribution in [1.29, 1.82) is 0 Å². The first-order valence-corrected chi connectivity index (χ1v) is 8.07. The first kappa shape index (κ1) is 17.5. The molecular weight excluding hydrogens is 389 g/mol. The van der Waals surface area contributed by atoms with Crippen LogP contribution in [0, 0.1) is 0 Å². The zero-order chi connectivity index (χ0) is 18.0. The highest BCUT2D eigenvalue weighted by molar-refractivity contribution is 6.35. The van der Waals surface area contributed by atoms with E-state index in [1.165, 1.54) is 30.5 Å². The van der Waals surface area contributed by atoms with Gasteiger partial charge in [0.1, 0.15) is 5.75 Å². The summed E-state index contributed by atoms with van der Waals surface area (Å²) in [7, 11) is 0. The van der Waals surface area contributed by atoms with Gasteiger partial charge < -0.3 is 19.6 Å². The lowest BCUT2D eigenvalue weighted by Crippen LogP contribution is -2.11. The number of halogens is 3. The Bertz CT molecular complexity index is 926. The predicted octanol–water partition coefficient (Wildman–Crippen LogP) is 5.99. The molecule has 5 nitrogen and oxygen atoms in total. The third-order valence-electron chi connectivity index (χ3n) is 3.16. The molecule has 0 bridgehead atoms. The van der Waals surface area contributed by atoms with Gasteiger partial charge in [-0.25, -0.2) is 0 Å². The maximum Gasteiger partial charge on any atom is 0.291 e. The molecule has 3 aromatic rings. The van der Waals surface area contributed by atoms with Crippen molar-refractivity contribution in [1.82, 2.24) is 0 Å². The monoisotopic (exact) mass is 397 g/mol. The van der Waals surface area contributed by atoms with Crippen molar-refractivity contribution in [3.63, 3.8) is 0 Å². The van der Waals surface area contributed by atoms with Crippen LogP contribution >= 0.6 is 34.8 Å². The number of ether oxygens (including phenoxy) is 1. The second-order valence-corrected chi connectivity index (χ2v) is 6.16. The van der Waals surface area contributed by atoms with Crippen molar-refractivity contribution >= 4 is 46.4 Å². The SMILES string of the molecule is O=C(Nc1cc(Oc2ccc(Cl)cc2Cl)c(O)cc1Cl)c1ccco1. The minimum Gasteiger partial charge on any atom is -0.504 e. The first-order valence-electron chi connectivity index (χ1n) is 6.94. The molecular formula is C17H10Cl3NO4. The van der Waals surface area contributed by atoms with Crippen molar-refractivity contribution in [2.45, 2.75) is 0 Å². The normalized spacial score (nSPS) is 10.5. The smallest absolute Gasteiger partial charge is 0.291 e. The maximum atomic E-state index is 12.1. The van der Waals surface area contributed by atoms with Crippen LogP contribution in [0.1, 0.15) is 10.6 Å². The molecule has 0 aliphatic rings. The summed E-state index contributed by atoms with van der Waals surface area (Å²) in [6.07, 6.45) is 1.38. The molecule has 0 radical (unpaired) electrons. The second kappa shape index (κ2) is 7.27. The van der Waals surface area contributed by atoms with Gasteiger partial charge in [0.15, 0.2) is 17.3 Å². The summed E-state index contributed by atoms with van der Waals surface area (Å²) in [4.78, 5) is 12.1. The van der Waals surface area contributed by atoms with E-state index in [9.17, 15) is 9.90 Å². The van der Waals surface area contributed by atoms with Crippen molar-refractivity contribution in [3.05, 3.63) is 69.6 Å². The Hall–Kier alpha value is -2.34. The molecule has 0 aliphatic carbocycles. The van der Waals surface area contributed by atoms with E-state index >= 15 is 0 Å². The number of benzene rings is 2. The van der Waals surface area contributed by atoms with Crippen molar-refractivity contribution < 1.29 is 19.1 Å². The molecule has 0 saturated carbocycles. The Kier molecular flexibility index (Phi) is 5.08. The molecule has 0 aliphatic heterocycles. The number of anilines is 1. The molecule has 0 saturated heterocycles. The zero-order valence-electron chi connectivity index (χ0n) is 12.4. The quantitative estimate of drug-likeness (QED) is 0.529. The van der Waals surface area contributed by atoms with E-state index in [0.717, 1.165) is 0 Å². The van der Waals surface area contributed by atoms with E-state index in [-0.39, 0.29) is 38.7 Å². The molecule has 0 spiro atoms. The predicted molar refractivity (Wildman–Crippen MR) is 96.3 cm³/mol. The fraction of sp³-hybridized carbons (Fsp3) is 0. The van der Waals surface area contributed by atoms with Gasteiger partial charge in [-0.2, -0.15) is 0 Å². The summed E-state index contributed by atoms with van der Waals surface area (Å²) in [5, 5.41) is 13.5. The van der Waals surface area contributed by atoms with E-state index in [4.69, 9.17) is 44.0 Å². The van der Waals surface area contributed by atoms with Crippen LogP contribution in [-0.2, 0) is 0 Å². The number of carbonyl (C=O) groups excluding carboxylic acids is 1. The highest BCUT2D eigenvalue weighted by Crippen LogP contribution is 2.40. The van der Waals surface area contributed by atoms with Crippen LogP contribution in [-0.4, -0.2) is 11.0 Å². The molecule has 1 heterocycles. The van der Waals surface area contributed by atoms with Gasteiger partial charge in [0.05, 0.1) is 22.0 Å². The largest absolute Gasteiger partial charge is 0.504 e. The molecule has 0 fully saturated rings. The van der Waals surface area contributed by atoms with Gasteiger partial charge in [-0.15, -0.1) is 0 Å². The lowest BCUT2D eigenvalue weighted by Gasteiger charge is -2.13. The molecule has 8 heteroatoms. The van der Waals surface area contributed by atoms with Crippen LogP contribution < -0.4 is 10.1 Å². The molecule has 2 N–H and O–H groups in total. The third kappa shape index (κ3) is 4.02. The summed E-state index contributed by atoms with van der Waals surface area (Å²) >= 11 is 18.0. The number of phenolic OH excluding ortho intramolecular Hbond substituents is 1. The minimum atomic E-state index is -0.493. The Morgan fingerprint density at radius 3 is 2.52 bits per heavy atom. The summed E-state index contributed by atoms with van der Waals surface area (Å²) in [5.74, 6) is -0.247. The van der Waals surface area contributed by atoms with Crippen LogP contribution in [0.15, 0.2) is 53.1 Å². The maximum absolute atomic E-state index is 12.1. The van der Waals surface area contributed by atoms with E-state index in [1.807, 2.05) is 0 Å². The molecule has 25 heavy (non-hydrogen) atoms. The van der Waals surface area contributed by atoms with Crippen LogP contribution in [0.2, 0.25) is 15.1 Å². The number of phenols is 1. The number of amides is 1. The minimum absolute atomic E-state index is 0.0587. The number of hydrogen-bond donors (Lipinski definition) is 2. The summed E-state index contributed by atoms with van der Waals surface area (Å²) in [6, 6.07) is 10.4. The molecule has 1 amide bonds. The van der Waals surface area contributed by atoms with Crippen LogP contribution in [0.3, 0.4) is 0 Å². The van der Waals surface area contributed by atoms with Gasteiger partial charge in [-0.05, 0) is 30.3 Å². The van der Waals surface area contributed by atoms with Crippen molar-refractivity contribution in [2.24, 2.45) is 0 Å².